The van der Waals surface area contributed by atoms with Crippen molar-refractivity contribution in [1.82, 2.24) is 10.6 Å². The molecule has 3 aromatic rings. The van der Waals surface area contributed by atoms with Crippen LogP contribution in [0.15, 0.2) is 77.7 Å². The zero-order valence-electron chi connectivity index (χ0n) is 20.7. The molecule has 192 valence electrons. The van der Waals surface area contributed by atoms with Crippen molar-refractivity contribution in [3.63, 3.8) is 0 Å². The molecule has 0 spiro atoms. The molecule has 3 aromatic carbocycles. The Balaban J connectivity index is 1.48. The largest absolute Gasteiger partial charge is 0.348 e. The third-order valence-corrected chi connectivity index (χ3v) is 7.69. The summed E-state index contributed by atoms with van der Waals surface area (Å²) >= 11 is 1.71. The van der Waals surface area contributed by atoms with Crippen LogP contribution in [0, 0.1) is 0 Å². The monoisotopic (exact) mass is 516 g/mol. The third-order valence-electron chi connectivity index (χ3n) is 6.28. The van der Waals surface area contributed by atoms with E-state index < -0.39 is 11.9 Å². The summed E-state index contributed by atoms with van der Waals surface area (Å²) in [5, 5.41) is 8.56. The first kappa shape index (κ1) is 26.4. The van der Waals surface area contributed by atoms with Gasteiger partial charge in [0.2, 0.25) is 0 Å². The number of hydrogen-bond acceptors (Lipinski definition) is 5. The fourth-order valence-corrected chi connectivity index (χ4v) is 5.62. The highest BCUT2D eigenvalue weighted by Crippen LogP contribution is 2.37. The summed E-state index contributed by atoms with van der Waals surface area (Å²) in [6.45, 7) is 0.797. The van der Waals surface area contributed by atoms with E-state index >= 15 is 0 Å². The number of anilines is 1. The van der Waals surface area contributed by atoms with Crippen molar-refractivity contribution in [1.29, 1.82) is 0 Å². The first-order valence-corrected chi connectivity index (χ1v) is 13.4. The molecule has 0 aliphatic heterocycles. The molecule has 37 heavy (non-hydrogen) atoms. The molecule has 1 fully saturated rings. The summed E-state index contributed by atoms with van der Waals surface area (Å²) in [6.07, 6.45) is 5.87. The molecule has 0 aromatic heterocycles. The number of imide groups is 1. The Kier molecular flexibility index (Phi) is 9.35. The topological polar surface area (TPSA) is 113 Å². The number of benzene rings is 3. The number of amides is 4. The van der Waals surface area contributed by atoms with Gasteiger partial charge in [-0.2, -0.15) is 0 Å². The molecule has 4 amide bonds. The first-order chi connectivity index (χ1) is 18.0. The van der Waals surface area contributed by atoms with Crippen molar-refractivity contribution in [3.05, 3.63) is 95.1 Å². The third kappa shape index (κ3) is 7.68. The number of urea groups is 1. The van der Waals surface area contributed by atoms with Crippen molar-refractivity contribution in [2.75, 3.05) is 5.32 Å². The maximum absolute atomic E-state index is 12.9. The van der Waals surface area contributed by atoms with E-state index in [9.17, 15) is 14.4 Å². The molecular weight excluding hydrogens is 484 g/mol. The van der Waals surface area contributed by atoms with Gasteiger partial charge in [-0.1, -0.05) is 61.7 Å². The fourth-order valence-electron chi connectivity index (χ4n) is 4.30. The van der Waals surface area contributed by atoms with Crippen molar-refractivity contribution >= 4 is 35.3 Å². The maximum Gasteiger partial charge on any atom is 0.326 e. The highest BCUT2D eigenvalue weighted by Gasteiger charge is 2.19. The second-order valence-electron chi connectivity index (χ2n) is 9.07. The second-order valence-corrected chi connectivity index (χ2v) is 10.4. The highest BCUT2D eigenvalue weighted by molar-refractivity contribution is 8.00. The first-order valence-electron chi connectivity index (χ1n) is 12.6. The van der Waals surface area contributed by atoms with Crippen molar-refractivity contribution in [2.24, 2.45) is 5.73 Å². The zero-order valence-corrected chi connectivity index (χ0v) is 21.5. The van der Waals surface area contributed by atoms with Crippen LogP contribution in [0.4, 0.5) is 10.5 Å². The van der Waals surface area contributed by atoms with E-state index in [1.54, 1.807) is 54.2 Å². The van der Waals surface area contributed by atoms with Crippen LogP contribution < -0.4 is 21.7 Å². The molecular formula is C29H32N4O3S. The minimum Gasteiger partial charge on any atom is -0.348 e. The van der Waals surface area contributed by atoms with Gasteiger partial charge in [-0.15, -0.1) is 11.8 Å². The zero-order chi connectivity index (χ0) is 26.0. The number of carbonyl (C=O) groups excluding carboxylic acids is 3. The quantitative estimate of drug-likeness (QED) is 0.317. The number of nitrogens with one attached hydrogen (secondary N) is 3. The van der Waals surface area contributed by atoms with Crippen LogP contribution in [-0.4, -0.2) is 23.1 Å². The Hall–Kier alpha value is -3.62. The van der Waals surface area contributed by atoms with E-state index in [1.165, 1.54) is 19.3 Å². The fraction of sp³-hybridized carbons (Fsp3) is 0.276. The highest BCUT2D eigenvalue weighted by atomic mass is 32.2. The number of nitrogens with two attached hydrogens (primary N) is 1. The van der Waals surface area contributed by atoms with E-state index in [0.717, 1.165) is 28.9 Å². The van der Waals surface area contributed by atoms with Crippen molar-refractivity contribution < 1.29 is 14.4 Å². The Labute approximate surface area is 221 Å². The number of carbonyl (C=O) groups is 3. The molecule has 0 saturated heterocycles. The molecule has 1 aliphatic carbocycles. The van der Waals surface area contributed by atoms with Crippen molar-refractivity contribution in [3.8, 4) is 0 Å². The molecule has 0 heterocycles. The van der Waals surface area contributed by atoms with Crippen LogP contribution in [0.3, 0.4) is 0 Å². The van der Waals surface area contributed by atoms with Gasteiger partial charge in [-0.3, -0.25) is 14.9 Å². The van der Waals surface area contributed by atoms with Gasteiger partial charge in [-0.25, -0.2) is 4.79 Å². The normalized spacial score (nSPS) is 13.5. The molecule has 7 nitrogen and oxygen atoms in total. The summed E-state index contributed by atoms with van der Waals surface area (Å²) in [7, 11) is 0. The Morgan fingerprint density at radius 3 is 2.32 bits per heavy atom. The predicted octanol–water partition coefficient (Wildman–Crippen LogP) is 5.46. The molecule has 1 aliphatic rings. The van der Waals surface area contributed by atoms with E-state index in [2.05, 4.69) is 16.0 Å². The molecule has 0 unspecified atom stereocenters. The molecule has 0 bridgehead atoms. The molecule has 5 N–H and O–H groups in total. The van der Waals surface area contributed by atoms with E-state index in [4.69, 9.17) is 5.73 Å². The summed E-state index contributed by atoms with van der Waals surface area (Å²) in [4.78, 5) is 39.0. The lowest BCUT2D eigenvalue weighted by Crippen LogP contribution is -2.34. The average Bonchev–Trinajstić information content (AvgIpc) is 2.93. The standard InChI is InChI=1S/C29H32N4O3S/c30-18-20-8-7-9-21(16-20)19-31-27(34)23-14-15-26(37-24-12-5-2-6-13-24)25(17-23)32-29(36)33-28(35)22-10-3-1-4-11-22/h1,3-4,7-11,14-17,24H,2,5-6,12-13,18-19,30H2,(H,31,34)(H2,32,33,35,36). The lowest BCUT2D eigenvalue weighted by atomic mass is 10.0. The summed E-state index contributed by atoms with van der Waals surface area (Å²) in [6, 6.07) is 21.0. The summed E-state index contributed by atoms with van der Waals surface area (Å²) in [5.74, 6) is -0.746. The molecule has 1 saturated carbocycles. The van der Waals surface area contributed by atoms with Crippen LogP contribution in [0.1, 0.15) is 63.9 Å². The van der Waals surface area contributed by atoms with E-state index in [0.29, 0.717) is 35.2 Å². The SMILES string of the molecule is NCc1cccc(CNC(=O)c2ccc(SC3CCCCC3)c(NC(=O)NC(=O)c3ccccc3)c2)c1. The van der Waals surface area contributed by atoms with Gasteiger partial charge in [0.1, 0.15) is 0 Å². The van der Waals surface area contributed by atoms with Crippen molar-refractivity contribution in [2.45, 2.75) is 55.3 Å². The van der Waals surface area contributed by atoms with E-state index in [1.807, 2.05) is 30.3 Å². The number of thioether (sulfide) groups is 1. The Bertz CT molecular complexity index is 1240. The molecule has 8 heteroatoms. The summed E-state index contributed by atoms with van der Waals surface area (Å²) < 4.78 is 0. The lowest BCUT2D eigenvalue weighted by Gasteiger charge is -2.22. The van der Waals surface area contributed by atoms with Crippen LogP contribution in [0.25, 0.3) is 0 Å². The van der Waals surface area contributed by atoms with Crippen LogP contribution in [0.5, 0.6) is 0 Å². The Morgan fingerprint density at radius 2 is 1.57 bits per heavy atom. The molecule has 0 atom stereocenters. The van der Waals surface area contributed by atoms with Crippen LogP contribution >= 0.6 is 11.8 Å². The maximum atomic E-state index is 12.9. The smallest absolute Gasteiger partial charge is 0.326 e. The number of hydrogen-bond donors (Lipinski definition) is 4. The van der Waals surface area contributed by atoms with Gasteiger partial charge in [0.15, 0.2) is 0 Å². The van der Waals surface area contributed by atoms with Gasteiger partial charge in [0.05, 0.1) is 5.69 Å². The van der Waals surface area contributed by atoms with Crippen LogP contribution in [-0.2, 0) is 13.1 Å². The average molecular weight is 517 g/mol. The minimum absolute atomic E-state index is 0.254. The molecule has 4 rings (SSSR count). The second kappa shape index (κ2) is 13.1. The predicted molar refractivity (Wildman–Crippen MR) is 148 cm³/mol. The van der Waals surface area contributed by atoms with E-state index in [-0.39, 0.29) is 5.91 Å². The van der Waals surface area contributed by atoms with Gasteiger partial charge in [0.25, 0.3) is 11.8 Å². The molecule has 0 radical (unpaired) electrons. The summed E-state index contributed by atoms with van der Waals surface area (Å²) in [5.41, 5.74) is 8.99. The number of rotatable bonds is 8. The van der Waals surface area contributed by atoms with Gasteiger partial charge < -0.3 is 16.4 Å². The lowest BCUT2D eigenvalue weighted by molar-refractivity contribution is 0.0946. The van der Waals surface area contributed by atoms with Gasteiger partial charge >= 0.3 is 6.03 Å². The van der Waals surface area contributed by atoms with Gasteiger partial charge in [-0.05, 0) is 54.3 Å². The minimum atomic E-state index is -0.643. The Morgan fingerprint density at radius 1 is 0.811 bits per heavy atom. The van der Waals surface area contributed by atoms with Crippen LogP contribution in [0.2, 0.25) is 0 Å². The van der Waals surface area contributed by atoms with Gasteiger partial charge in [0, 0.05) is 34.4 Å².